The van der Waals surface area contributed by atoms with Crippen molar-refractivity contribution < 1.29 is 29.3 Å². The van der Waals surface area contributed by atoms with E-state index >= 15 is 0 Å². The van der Waals surface area contributed by atoms with Gasteiger partial charge in [0, 0.05) is 5.56 Å². The van der Waals surface area contributed by atoms with Crippen molar-refractivity contribution in [1.82, 2.24) is 6.15 Å². The second kappa shape index (κ2) is 31.5. The average molecular weight is 600 g/mol. The van der Waals surface area contributed by atoms with Crippen molar-refractivity contribution in [3.8, 4) is 0 Å². The molecule has 0 aliphatic rings. The van der Waals surface area contributed by atoms with Crippen molar-refractivity contribution in [2.45, 2.75) is 108 Å². The van der Waals surface area contributed by atoms with Gasteiger partial charge in [-0.05, 0) is 12.8 Å². The summed E-state index contributed by atoms with van der Waals surface area (Å²) in [4.78, 5) is 0. The van der Waals surface area contributed by atoms with Gasteiger partial charge in [0.1, 0.15) is 6.54 Å². The molecule has 218 valence electrons. The van der Waals surface area contributed by atoms with E-state index in [-0.39, 0.29) is 43.4 Å². The molecule has 0 atom stereocenters. The standard InChI is InChI=1S/C25H46N.C7H7.3ClH.Mg.H3N/c1-4-5-6-7-8-9-10-11-12-13-14-15-16-20-23-26(2,3)24-25-21-18-17-19-22-25;1-7-5-3-2-4-6-7;;;;;/h17-19,21-22H,4-16,20,23-24H2,1-3H3;2-6H,1H2;3*1H;;1H3/q+1;;;;;+1;/p-2. The molecule has 0 saturated heterocycles. The van der Waals surface area contributed by atoms with Crippen LogP contribution in [0.4, 0.5) is 0 Å². The third kappa shape index (κ3) is 27.6. The number of rotatable bonds is 18. The molecule has 0 aromatic heterocycles. The van der Waals surface area contributed by atoms with Crippen molar-refractivity contribution in [3.63, 3.8) is 0 Å². The van der Waals surface area contributed by atoms with E-state index in [0.717, 1.165) is 11.0 Å². The van der Waals surface area contributed by atoms with Gasteiger partial charge >= 0.3 is 62.2 Å². The van der Waals surface area contributed by atoms with Crippen LogP contribution in [-0.4, -0.2) is 46.8 Å². The SMILES string of the molecule is CCCCCCCCCCCCCCCC[N+](C)(C)Cc1ccccc1.Cl.N.[Cl-].[Cl-].[Mg+][CH2]c1ccccc1. The quantitative estimate of drug-likeness (QED) is 0.158. The molecule has 0 aliphatic carbocycles. The summed E-state index contributed by atoms with van der Waals surface area (Å²) in [7, 11) is 4.74. The van der Waals surface area contributed by atoms with E-state index in [0.29, 0.717) is 0 Å². The molecule has 0 fully saturated rings. The van der Waals surface area contributed by atoms with Gasteiger partial charge in [0.05, 0.1) is 20.6 Å². The first-order valence-corrected chi connectivity index (χ1v) is 15.3. The van der Waals surface area contributed by atoms with Crippen LogP contribution in [0.15, 0.2) is 60.7 Å². The molecule has 0 spiro atoms. The summed E-state index contributed by atoms with van der Waals surface area (Å²) in [6.45, 7) is 4.75. The van der Waals surface area contributed by atoms with E-state index in [4.69, 9.17) is 0 Å². The molecule has 2 aromatic carbocycles. The van der Waals surface area contributed by atoms with Crippen molar-refractivity contribution >= 4 is 34.1 Å². The van der Waals surface area contributed by atoms with E-state index < -0.39 is 0 Å². The number of hydrogen-bond donors (Lipinski definition) is 1. The van der Waals surface area contributed by atoms with Crippen molar-refractivity contribution in [2.24, 2.45) is 0 Å². The number of halogens is 3. The fourth-order valence-electron chi connectivity index (χ4n) is 4.54. The summed E-state index contributed by atoms with van der Waals surface area (Å²) >= 11 is 1.98. The Labute approximate surface area is 268 Å². The first-order chi connectivity index (χ1) is 16.6. The van der Waals surface area contributed by atoms with Gasteiger partial charge in [0.2, 0.25) is 0 Å². The predicted molar refractivity (Wildman–Crippen MR) is 166 cm³/mol. The summed E-state index contributed by atoms with van der Waals surface area (Å²) in [6.07, 6.45) is 20.2. The molecule has 0 unspecified atom stereocenters. The van der Waals surface area contributed by atoms with Crippen LogP contribution in [0.25, 0.3) is 0 Å². The van der Waals surface area contributed by atoms with Crippen molar-refractivity contribution in [3.05, 3.63) is 71.8 Å². The van der Waals surface area contributed by atoms with Gasteiger partial charge in [-0.1, -0.05) is 114 Å². The fraction of sp³-hybridized carbons (Fsp3) is 0.625. The molecule has 0 aliphatic heterocycles. The first-order valence-electron chi connectivity index (χ1n) is 14.3. The molecule has 6 heteroatoms. The first kappa shape index (κ1) is 45.0. The number of benzene rings is 2. The Balaban J connectivity index is -0.000000414. The summed E-state index contributed by atoms with van der Waals surface area (Å²) in [5, 5.41) is 0. The van der Waals surface area contributed by atoms with Gasteiger partial charge in [-0.2, -0.15) is 0 Å². The second-order valence-corrected chi connectivity index (χ2v) is 11.1. The molecule has 0 heterocycles. The molecule has 3 N–H and O–H groups in total. The van der Waals surface area contributed by atoms with Crippen LogP contribution < -0.4 is 31.0 Å². The number of unbranched alkanes of at least 4 members (excludes halogenated alkanes) is 13. The maximum absolute atomic E-state index is 2.37. The summed E-state index contributed by atoms with van der Waals surface area (Å²) in [5.41, 5.74) is 2.88. The molecule has 2 rings (SSSR count). The summed E-state index contributed by atoms with van der Waals surface area (Å²) < 4.78 is 2.28. The average Bonchev–Trinajstić information content (AvgIpc) is 2.85. The van der Waals surface area contributed by atoms with E-state index in [9.17, 15) is 0 Å². The minimum absolute atomic E-state index is 0. The predicted octanol–water partition coefficient (Wildman–Crippen LogP) is 3.69. The van der Waals surface area contributed by atoms with Crippen molar-refractivity contribution in [2.75, 3.05) is 20.6 Å². The van der Waals surface area contributed by atoms with Crippen LogP contribution >= 0.6 is 12.4 Å². The van der Waals surface area contributed by atoms with Gasteiger partial charge in [0.15, 0.2) is 0 Å². The Morgan fingerprint density at radius 2 is 0.895 bits per heavy atom. The number of quaternary nitrogens is 1. The van der Waals surface area contributed by atoms with Crippen molar-refractivity contribution in [1.29, 1.82) is 0 Å². The maximum atomic E-state index is 2.37. The molecule has 2 aromatic rings. The minimum atomic E-state index is 0. The van der Waals surface area contributed by atoms with E-state index in [1.54, 1.807) is 0 Å². The Kier molecular flexibility index (Phi) is 37.3. The van der Waals surface area contributed by atoms with E-state index in [2.05, 4.69) is 75.6 Å². The number of nitrogens with zero attached hydrogens (tertiary/aromatic N) is 1. The van der Waals surface area contributed by atoms with E-state index in [1.807, 2.05) is 27.8 Å². The molecular weight excluding hydrogens is 543 g/mol. The van der Waals surface area contributed by atoms with Crippen LogP contribution in [0.2, 0.25) is 0 Å². The normalized spacial score (nSPS) is 10.0. The van der Waals surface area contributed by atoms with Gasteiger partial charge < -0.3 is 35.4 Å². The van der Waals surface area contributed by atoms with E-state index in [1.165, 1.54) is 112 Å². The zero-order valence-electron chi connectivity index (χ0n) is 24.8. The van der Waals surface area contributed by atoms with Crippen LogP contribution in [0.1, 0.15) is 108 Å². The molecule has 0 saturated carbocycles. The molecule has 0 radical (unpaired) electrons. The monoisotopic (exact) mass is 598 g/mol. The molecule has 38 heavy (non-hydrogen) atoms. The van der Waals surface area contributed by atoms with Gasteiger partial charge in [-0.15, -0.1) is 12.4 Å². The molecule has 0 bridgehead atoms. The van der Waals surface area contributed by atoms with Crippen LogP contribution in [0, 0.1) is 0 Å². The fourth-order valence-corrected chi connectivity index (χ4v) is 4.87. The topological polar surface area (TPSA) is 35.0 Å². The van der Waals surface area contributed by atoms with Gasteiger partial charge in [-0.3, -0.25) is 0 Å². The Hall–Kier alpha value is -0.00377. The Bertz CT molecular complexity index is 688. The molecule has 2 nitrogen and oxygen atoms in total. The zero-order chi connectivity index (χ0) is 24.7. The summed E-state index contributed by atoms with van der Waals surface area (Å²) in [6, 6.07) is 21.4. The Morgan fingerprint density at radius 1 is 0.553 bits per heavy atom. The van der Waals surface area contributed by atoms with Crippen LogP contribution in [0.5, 0.6) is 0 Å². The zero-order valence-corrected chi connectivity index (χ0v) is 28.6. The number of hydrogen-bond acceptors (Lipinski definition) is 1. The second-order valence-electron chi connectivity index (χ2n) is 10.6. The van der Waals surface area contributed by atoms with Gasteiger partial charge in [0.25, 0.3) is 0 Å². The third-order valence-electron chi connectivity index (χ3n) is 6.70. The third-order valence-corrected chi connectivity index (χ3v) is 7.28. The van der Waals surface area contributed by atoms with Crippen LogP contribution in [0.3, 0.4) is 0 Å². The van der Waals surface area contributed by atoms with Crippen LogP contribution in [-0.2, 0) is 11.1 Å². The Morgan fingerprint density at radius 3 is 1.24 bits per heavy atom. The summed E-state index contributed by atoms with van der Waals surface area (Å²) in [5.74, 6) is 0. The molecule has 0 amide bonds. The van der Waals surface area contributed by atoms with Gasteiger partial charge in [-0.25, -0.2) is 0 Å². The molecular formula is C32H57Cl3MgN2.